The van der Waals surface area contributed by atoms with Gasteiger partial charge < -0.3 is 24.7 Å². The van der Waals surface area contributed by atoms with Gasteiger partial charge in [0, 0.05) is 6.61 Å². The van der Waals surface area contributed by atoms with Gasteiger partial charge in [-0.1, -0.05) is 20.3 Å². The summed E-state index contributed by atoms with van der Waals surface area (Å²) in [5.74, 6) is -0.394. The fourth-order valence-electron chi connectivity index (χ4n) is 1.29. The van der Waals surface area contributed by atoms with Crippen LogP contribution in [0.4, 0.5) is 0 Å². The fourth-order valence-corrected chi connectivity index (χ4v) is 1.29. The van der Waals surface area contributed by atoms with E-state index in [0.29, 0.717) is 39.5 Å². The van der Waals surface area contributed by atoms with Gasteiger partial charge in [-0.25, -0.2) is 0 Å². The number of ether oxygens (including phenoxy) is 4. The predicted molar refractivity (Wildman–Crippen MR) is 81.2 cm³/mol. The molecule has 0 saturated heterocycles. The third-order valence-corrected chi connectivity index (χ3v) is 3.05. The van der Waals surface area contributed by atoms with E-state index in [9.17, 15) is 4.79 Å². The summed E-state index contributed by atoms with van der Waals surface area (Å²) in [4.78, 5) is 11.5. The average molecular weight is 305 g/mol. The molecule has 0 fully saturated rings. The summed E-state index contributed by atoms with van der Waals surface area (Å²) in [6, 6.07) is 0. The summed E-state index contributed by atoms with van der Waals surface area (Å²) in [7, 11) is 0. The molecule has 0 aliphatic heterocycles. The van der Waals surface area contributed by atoms with Gasteiger partial charge in [-0.15, -0.1) is 0 Å². The van der Waals surface area contributed by atoms with Crippen LogP contribution in [0.15, 0.2) is 0 Å². The Kier molecular flexibility index (Phi) is 12.6. The van der Waals surface area contributed by atoms with Crippen molar-refractivity contribution in [2.24, 2.45) is 5.73 Å². The summed E-state index contributed by atoms with van der Waals surface area (Å²) in [6.07, 6.45) is 2.77. The quantitative estimate of drug-likeness (QED) is 0.387. The molecular weight excluding hydrogens is 274 g/mol. The Balaban J connectivity index is 3.25. The first-order valence-corrected chi connectivity index (χ1v) is 7.74. The number of nitrogens with two attached hydrogens (primary N) is 1. The normalized spacial score (nSPS) is 13.9. The Bertz CT molecular complexity index is 258. The number of carbonyl (C=O) groups is 1. The summed E-state index contributed by atoms with van der Waals surface area (Å²) in [5, 5.41) is 0. The highest BCUT2D eigenvalue weighted by atomic mass is 16.6. The van der Waals surface area contributed by atoms with Crippen molar-refractivity contribution in [3.63, 3.8) is 0 Å². The van der Waals surface area contributed by atoms with Crippen molar-refractivity contribution in [3.8, 4) is 0 Å². The maximum atomic E-state index is 11.5. The van der Waals surface area contributed by atoms with Crippen molar-refractivity contribution < 1.29 is 23.7 Å². The van der Waals surface area contributed by atoms with Crippen LogP contribution < -0.4 is 5.73 Å². The van der Waals surface area contributed by atoms with Gasteiger partial charge in [0.25, 0.3) is 0 Å². The molecule has 0 spiro atoms. The Hall–Kier alpha value is -0.690. The standard InChI is InChI=1S/C15H31NO5/c1-4-6-7-18-8-9-19-10-11-20-12-13-21-14(17)15(3,16)5-2/h4-13,16H2,1-3H3. The zero-order valence-electron chi connectivity index (χ0n) is 13.7. The highest BCUT2D eigenvalue weighted by Crippen LogP contribution is 2.06. The molecule has 126 valence electrons. The smallest absolute Gasteiger partial charge is 0.325 e. The number of rotatable bonds is 14. The molecular formula is C15H31NO5. The highest BCUT2D eigenvalue weighted by Gasteiger charge is 2.27. The molecule has 0 heterocycles. The van der Waals surface area contributed by atoms with Gasteiger partial charge in [-0.3, -0.25) is 4.79 Å². The van der Waals surface area contributed by atoms with Crippen molar-refractivity contribution in [1.82, 2.24) is 0 Å². The number of esters is 1. The van der Waals surface area contributed by atoms with Crippen LogP contribution in [0.25, 0.3) is 0 Å². The lowest BCUT2D eigenvalue weighted by molar-refractivity contribution is -0.151. The van der Waals surface area contributed by atoms with Crippen LogP contribution in [-0.4, -0.2) is 57.8 Å². The first-order valence-electron chi connectivity index (χ1n) is 7.74. The average Bonchev–Trinajstić information content (AvgIpc) is 2.48. The largest absolute Gasteiger partial charge is 0.462 e. The number of hydrogen-bond acceptors (Lipinski definition) is 6. The summed E-state index contributed by atoms with van der Waals surface area (Å²) >= 11 is 0. The molecule has 0 aromatic rings. The van der Waals surface area contributed by atoms with Gasteiger partial charge in [-0.05, 0) is 19.8 Å². The van der Waals surface area contributed by atoms with Gasteiger partial charge >= 0.3 is 5.97 Å². The Morgan fingerprint density at radius 2 is 1.38 bits per heavy atom. The molecule has 0 saturated carbocycles. The molecule has 0 bridgehead atoms. The van der Waals surface area contributed by atoms with Crippen LogP contribution in [0.5, 0.6) is 0 Å². The molecule has 0 rings (SSSR count). The van der Waals surface area contributed by atoms with Crippen molar-refractivity contribution >= 4 is 5.97 Å². The lowest BCUT2D eigenvalue weighted by Gasteiger charge is -2.20. The zero-order chi connectivity index (χ0) is 16.0. The molecule has 6 heteroatoms. The summed E-state index contributed by atoms with van der Waals surface area (Å²) in [6.45, 7) is 9.16. The van der Waals surface area contributed by atoms with E-state index in [1.54, 1.807) is 6.92 Å². The van der Waals surface area contributed by atoms with E-state index in [2.05, 4.69) is 6.92 Å². The second-order valence-corrected chi connectivity index (χ2v) is 5.10. The topological polar surface area (TPSA) is 80.0 Å². The maximum Gasteiger partial charge on any atom is 0.325 e. The van der Waals surface area contributed by atoms with E-state index in [-0.39, 0.29) is 6.61 Å². The van der Waals surface area contributed by atoms with E-state index in [0.717, 1.165) is 19.4 Å². The summed E-state index contributed by atoms with van der Waals surface area (Å²) in [5.41, 5.74) is 4.84. The van der Waals surface area contributed by atoms with E-state index in [4.69, 9.17) is 24.7 Å². The van der Waals surface area contributed by atoms with Crippen LogP contribution in [0, 0.1) is 0 Å². The second kappa shape index (κ2) is 13.0. The van der Waals surface area contributed by atoms with Crippen molar-refractivity contribution in [2.75, 3.05) is 46.2 Å². The van der Waals surface area contributed by atoms with Crippen molar-refractivity contribution in [1.29, 1.82) is 0 Å². The molecule has 0 radical (unpaired) electrons. The molecule has 0 aliphatic rings. The van der Waals surface area contributed by atoms with Crippen LogP contribution in [-0.2, 0) is 23.7 Å². The van der Waals surface area contributed by atoms with Crippen molar-refractivity contribution in [2.45, 2.75) is 45.6 Å². The van der Waals surface area contributed by atoms with Crippen LogP contribution in [0.2, 0.25) is 0 Å². The lowest BCUT2D eigenvalue weighted by atomic mass is 10.0. The van der Waals surface area contributed by atoms with Gasteiger partial charge in [0.2, 0.25) is 0 Å². The van der Waals surface area contributed by atoms with Crippen LogP contribution in [0.1, 0.15) is 40.0 Å². The van der Waals surface area contributed by atoms with E-state index >= 15 is 0 Å². The first kappa shape index (κ1) is 20.3. The Morgan fingerprint density at radius 1 is 0.905 bits per heavy atom. The number of unbranched alkanes of at least 4 members (excludes halogenated alkanes) is 1. The highest BCUT2D eigenvalue weighted by molar-refractivity contribution is 5.79. The Morgan fingerprint density at radius 3 is 1.86 bits per heavy atom. The minimum absolute atomic E-state index is 0.214. The van der Waals surface area contributed by atoms with E-state index < -0.39 is 11.5 Å². The minimum Gasteiger partial charge on any atom is -0.462 e. The SMILES string of the molecule is CCCCOCCOCCOCCOC(=O)C(C)(N)CC. The fraction of sp³-hybridized carbons (Fsp3) is 0.933. The van der Waals surface area contributed by atoms with Crippen molar-refractivity contribution in [3.05, 3.63) is 0 Å². The summed E-state index contributed by atoms with van der Waals surface area (Å²) < 4.78 is 21.0. The number of hydrogen-bond donors (Lipinski definition) is 1. The number of carbonyl (C=O) groups excluding carboxylic acids is 1. The molecule has 0 aromatic carbocycles. The van der Waals surface area contributed by atoms with Crippen LogP contribution >= 0.6 is 0 Å². The first-order chi connectivity index (χ1) is 10.0. The predicted octanol–water partition coefficient (Wildman–Crippen LogP) is 1.51. The van der Waals surface area contributed by atoms with Gasteiger partial charge in [0.1, 0.15) is 12.1 Å². The van der Waals surface area contributed by atoms with E-state index in [1.165, 1.54) is 0 Å². The molecule has 2 N–H and O–H groups in total. The van der Waals surface area contributed by atoms with E-state index in [1.807, 2.05) is 6.92 Å². The third kappa shape index (κ3) is 11.6. The Labute approximate surface area is 128 Å². The van der Waals surface area contributed by atoms with Gasteiger partial charge in [0.15, 0.2) is 0 Å². The second-order valence-electron chi connectivity index (χ2n) is 5.10. The molecule has 0 amide bonds. The molecule has 6 nitrogen and oxygen atoms in total. The third-order valence-electron chi connectivity index (χ3n) is 3.05. The molecule has 21 heavy (non-hydrogen) atoms. The lowest BCUT2D eigenvalue weighted by Crippen LogP contribution is -2.45. The molecule has 1 unspecified atom stereocenters. The molecule has 0 aliphatic carbocycles. The maximum absolute atomic E-state index is 11.5. The molecule has 1 atom stereocenters. The van der Waals surface area contributed by atoms with Crippen LogP contribution in [0.3, 0.4) is 0 Å². The minimum atomic E-state index is -0.916. The zero-order valence-corrected chi connectivity index (χ0v) is 13.7. The monoisotopic (exact) mass is 305 g/mol. The van der Waals surface area contributed by atoms with Gasteiger partial charge in [-0.2, -0.15) is 0 Å². The molecule has 0 aromatic heterocycles. The van der Waals surface area contributed by atoms with Gasteiger partial charge in [0.05, 0.1) is 33.0 Å².